The van der Waals surface area contributed by atoms with Crippen LogP contribution < -0.4 is 5.56 Å². The van der Waals surface area contributed by atoms with E-state index in [1.54, 1.807) is 17.8 Å². The minimum atomic E-state index is 0.0610. The first-order chi connectivity index (χ1) is 8.59. The molecule has 1 aromatic carbocycles. The van der Waals surface area contributed by atoms with Crippen LogP contribution in [0.2, 0.25) is 0 Å². The van der Waals surface area contributed by atoms with E-state index in [-0.39, 0.29) is 11.5 Å². The maximum Gasteiger partial charge on any atom is 0.256 e. The van der Waals surface area contributed by atoms with Crippen LogP contribution in [0.15, 0.2) is 41.3 Å². The molecule has 0 fully saturated rings. The number of nitrogens with zero attached hydrogens (tertiary/aromatic N) is 2. The van der Waals surface area contributed by atoms with Gasteiger partial charge < -0.3 is 0 Å². The van der Waals surface area contributed by atoms with Gasteiger partial charge in [0.2, 0.25) is 0 Å². The van der Waals surface area contributed by atoms with Crippen molar-refractivity contribution in [2.45, 2.75) is 26.2 Å². The second-order valence-electron chi connectivity index (χ2n) is 4.81. The maximum atomic E-state index is 12.1. The predicted molar refractivity (Wildman–Crippen MR) is 72.8 cm³/mol. The Hall–Kier alpha value is -1.90. The van der Waals surface area contributed by atoms with E-state index in [4.69, 9.17) is 0 Å². The molecule has 1 aromatic heterocycles. The zero-order valence-corrected chi connectivity index (χ0v) is 11.1. The van der Waals surface area contributed by atoms with Crippen molar-refractivity contribution in [2.75, 3.05) is 0 Å². The second kappa shape index (κ2) is 5.17. The van der Waals surface area contributed by atoms with E-state index in [0.29, 0.717) is 6.42 Å². The van der Waals surface area contributed by atoms with Gasteiger partial charge in [0, 0.05) is 25.2 Å². The molecule has 0 unspecified atom stereocenters. The molecule has 0 saturated heterocycles. The van der Waals surface area contributed by atoms with Crippen LogP contribution in [0.1, 0.15) is 36.7 Å². The molecule has 0 saturated carbocycles. The quantitative estimate of drug-likeness (QED) is 0.829. The van der Waals surface area contributed by atoms with E-state index >= 15 is 0 Å². The molecule has 1 heterocycles. The van der Waals surface area contributed by atoms with Crippen LogP contribution in [0.25, 0.3) is 0 Å². The molecule has 0 bridgehead atoms. The third kappa shape index (κ3) is 2.50. The largest absolute Gasteiger partial charge is 0.299 e. The normalized spacial score (nSPS) is 10.9. The van der Waals surface area contributed by atoms with Gasteiger partial charge in [0.05, 0.1) is 0 Å². The van der Waals surface area contributed by atoms with Crippen molar-refractivity contribution in [3.8, 4) is 0 Å². The summed E-state index contributed by atoms with van der Waals surface area (Å²) >= 11 is 0. The van der Waals surface area contributed by atoms with Gasteiger partial charge >= 0.3 is 0 Å². The number of hydrogen-bond donors (Lipinski definition) is 0. The fourth-order valence-corrected chi connectivity index (χ4v) is 1.94. The number of rotatable bonds is 3. The predicted octanol–water partition coefficient (Wildman–Crippen LogP) is 2.49. The van der Waals surface area contributed by atoms with Crippen molar-refractivity contribution < 1.29 is 0 Å². The molecule has 0 radical (unpaired) electrons. The van der Waals surface area contributed by atoms with E-state index in [1.807, 2.05) is 44.2 Å². The van der Waals surface area contributed by atoms with Crippen molar-refractivity contribution in [2.24, 2.45) is 7.05 Å². The van der Waals surface area contributed by atoms with Crippen LogP contribution in [0, 0.1) is 0 Å². The van der Waals surface area contributed by atoms with Gasteiger partial charge in [0.25, 0.3) is 5.56 Å². The summed E-state index contributed by atoms with van der Waals surface area (Å²) in [7, 11) is 1.79. The summed E-state index contributed by atoms with van der Waals surface area (Å²) in [4.78, 5) is 16.6. The Morgan fingerprint density at radius 2 is 1.89 bits per heavy atom. The Morgan fingerprint density at radius 3 is 2.50 bits per heavy atom. The van der Waals surface area contributed by atoms with Gasteiger partial charge in [-0.2, -0.15) is 0 Å². The molecule has 0 atom stereocenters. The van der Waals surface area contributed by atoms with E-state index < -0.39 is 0 Å². The zero-order chi connectivity index (χ0) is 13.1. The van der Waals surface area contributed by atoms with Crippen molar-refractivity contribution in [3.05, 3.63) is 63.8 Å². The van der Waals surface area contributed by atoms with Crippen molar-refractivity contribution >= 4 is 0 Å². The Bertz CT molecular complexity index is 585. The number of benzene rings is 1. The van der Waals surface area contributed by atoms with Gasteiger partial charge in [-0.3, -0.25) is 9.36 Å². The highest BCUT2D eigenvalue weighted by Crippen LogP contribution is 2.10. The Labute approximate surface area is 107 Å². The second-order valence-corrected chi connectivity index (χ2v) is 4.81. The summed E-state index contributed by atoms with van der Waals surface area (Å²) in [5.41, 5.74) is 2.00. The molecule has 3 heteroatoms. The lowest BCUT2D eigenvalue weighted by molar-refractivity contribution is 0.706. The lowest BCUT2D eigenvalue weighted by Gasteiger charge is -2.11. The van der Waals surface area contributed by atoms with E-state index in [0.717, 1.165) is 17.0 Å². The molecule has 3 nitrogen and oxygen atoms in total. The topological polar surface area (TPSA) is 34.9 Å². The molecule has 2 rings (SSSR count). The first-order valence-corrected chi connectivity index (χ1v) is 6.18. The Kier molecular flexibility index (Phi) is 3.60. The standard InChI is InChI=1S/C15H18N2O/c1-11(2)13-10-16-14(17(3)15(13)18)9-12-7-5-4-6-8-12/h4-8,10-11H,9H2,1-3H3. The van der Waals surface area contributed by atoms with Crippen LogP contribution in [0.4, 0.5) is 0 Å². The molecule has 18 heavy (non-hydrogen) atoms. The smallest absolute Gasteiger partial charge is 0.256 e. The first kappa shape index (κ1) is 12.6. The molecule has 0 N–H and O–H groups in total. The van der Waals surface area contributed by atoms with Crippen molar-refractivity contribution in [1.29, 1.82) is 0 Å². The first-order valence-electron chi connectivity index (χ1n) is 6.18. The maximum absolute atomic E-state index is 12.1. The number of hydrogen-bond acceptors (Lipinski definition) is 2. The number of aromatic nitrogens is 2. The summed E-state index contributed by atoms with van der Waals surface area (Å²) in [6.45, 7) is 4.02. The van der Waals surface area contributed by atoms with Crippen molar-refractivity contribution in [3.63, 3.8) is 0 Å². The molecular formula is C15H18N2O. The van der Waals surface area contributed by atoms with E-state index in [1.165, 1.54) is 0 Å². The average Bonchev–Trinajstić information content (AvgIpc) is 2.36. The van der Waals surface area contributed by atoms with Gasteiger partial charge in [-0.05, 0) is 11.5 Å². The lowest BCUT2D eigenvalue weighted by Crippen LogP contribution is -2.26. The summed E-state index contributed by atoms with van der Waals surface area (Å²) in [5, 5.41) is 0. The van der Waals surface area contributed by atoms with Crippen LogP contribution in [0.5, 0.6) is 0 Å². The van der Waals surface area contributed by atoms with Gasteiger partial charge in [-0.1, -0.05) is 44.2 Å². The zero-order valence-electron chi connectivity index (χ0n) is 11.1. The highest BCUT2D eigenvalue weighted by Gasteiger charge is 2.10. The fraction of sp³-hybridized carbons (Fsp3) is 0.333. The van der Waals surface area contributed by atoms with Gasteiger partial charge in [0.15, 0.2) is 0 Å². The molecule has 2 aromatic rings. The van der Waals surface area contributed by atoms with Crippen LogP contribution in [0.3, 0.4) is 0 Å². The monoisotopic (exact) mass is 242 g/mol. The molecule has 0 aliphatic heterocycles. The van der Waals surface area contributed by atoms with Gasteiger partial charge in [0.1, 0.15) is 5.82 Å². The summed E-state index contributed by atoms with van der Waals surface area (Å²) in [6.07, 6.45) is 2.40. The summed E-state index contributed by atoms with van der Waals surface area (Å²) in [6, 6.07) is 10.1. The molecule has 0 aliphatic carbocycles. The Morgan fingerprint density at radius 1 is 1.22 bits per heavy atom. The molecule has 0 aliphatic rings. The summed E-state index contributed by atoms with van der Waals surface area (Å²) < 4.78 is 1.66. The molecular weight excluding hydrogens is 224 g/mol. The average molecular weight is 242 g/mol. The van der Waals surface area contributed by atoms with Gasteiger partial charge in [-0.25, -0.2) is 4.98 Å². The molecule has 94 valence electrons. The SMILES string of the molecule is CC(C)c1cnc(Cc2ccccc2)n(C)c1=O. The minimum Gasteiger partial charge on any atom is -0.299 e. The van der Waals surface area contributed by atoms with Crippen LogP contribution in [-0.4, -0.2) is 9.55 Å². The lowest BCUT2D eigenvalue weighted by atomic mass is 10.1. The molecule has 0 spiro atoms. The van der Waals surface area contributed by atoms with Crippen LogP contribution in [-0.2, 0) is 13.5 Å². The van der Waals surface area contributed by atoms with Crippen LogP contribution >= 0.6 is 0 Å². The third-order valence-corrected chi connectivity index (χ3v) is 3.12. The fourth-order valence-electron chi connectivity index (χ4n) is 1.94. The molecule has 0 amide bonds. The van der Waals surface area contributed by atoms with Gasteiger partial charge in [-0.15, -0.1) is 0 Å². The Balaban J connectivity index is 2.37. The minimum absolute atomic E-state index is 0.0610. The van der Waals surface area contributed by atoms with E-state index in [9.17, 15) is 4.79 Å². The summed E-state index contributed by atoms with van der Waals surface area (Å²) in [5.74, 6) is 1.01. The van der Waals surface area contributed by atoms with E-state index in [2.05, 4.69) is 4.98 Å². The highest BCUT2D eigenvalue weighted by molar-refractivity contribution is 5.20. The third-order valence-electron chi connectivity index (χ3n) is 3.12. The highest BCUT2D eigenvalue weighted by atomic mass is 16.1. The van der Waals surface area contributed by atoms with Crippen molar-refractivity contribution in [1.82, 2.24) is 9.55 Å².